The number of anilines is 1. The van der Waals surface area contributed by atoms with Crippen LogP contribution in [0.4, 0.5) is 45.2 Å². The maximum absolute atomic E-state index is 13.0. The molecule has 0 fully saturated rings. The Morgan fingerprint density at radius 2 is 1.38 bits per heavy atom. The number of nitrogens with one attached hydrogen (secondary N) is 1. The molecule has 2 atom stereocenters. The van der Waals surface area contributed by atoms with Gasteiger partial charge in [-0.3, -0.25) is 4.79 Å². The monoisotopic (exact) mass is 461 g/mol. The third-order valence-electron chi connectivity index (χ3n) is 3.38. The van der Waals surface area contributed by atoms with Gasteiger partial charge in [0.05, 0.1) is 18.2 Å². The smallest absolute Gasteiger partial charge is 0.430 e. The molecule has 15 heteroatoms. The molecule has 0 saturated carbocycles. The highest BCUT2D eigenvalue weighted by atomic mass is 35.5. The van der Waals surface area contributed by atoms with Gasteiger partial charge in [-0.25, -0.2) is 4.79 Å². The van der Waals surface area contributed by atoms with Gasteiger partial charge in [0, 0.05) is 5.69 Å². The maximum Gasteiger partial charge on any atom is 0.430 e. The molecule has 5 nitrogen and oxygen atoms in total. The van der Waals surface area contributed by atoms with Crippen LogP contribution < -0.4 is 5.32 Å². The SMILES string of the molecule is COC(=O)[C@@](O)([C@H](Cl)C(=O)Nc1cc(C(F)(F)F)cc(C(F)(F)F)c1)C(F)(F)F. The Balaban J connectivity index is 3.38. The lowest BCUT2D eigenvalue weighted by Crippen LogP contribution is -2.62. The van der Waals surface area contributed by atoms with E-state index >= 15 is 0 Å². The third-order valence-corrected chi connectivity index (χ3v) is 3.89. The van der Waals surface area contributed by atoms with E-state index < -0.39 is 58.2 Å². The number of ether oxygens (including phenoxy) is 1. The van der Waals surface area contributed by atoms with Crippen LogP contribution in [0.15, 0.2) is 18.2 Å². The van der Waals surface area contributed by atoms with Gasteiger partial charge < -0.3 is 15.2 Å². The van der Waals surface area contributed by atoms with E-state index in [1.807, 2.05) is 0 Å². The van der Waals surface area contributed by atoms with Crippen molar-refractivity contribution < 1.29 is 58.9 Å². The van der Waals surface area contributed by atoms with Gasteiger partial charge >= 0.3 is 24.5 Å². The summed E-state index contributed by atoms with van der Waals surface area (Å²) in [5.74, 6) is -4.55. The average molecular weight is 462 g/mol. The number of benzene rings is 1. The molecule has 0 unspecified atom stereocenters. The number of aliphatic hydroxyl groups is 1. The van der Waals surface area contributed by atoms with Crippen molar-refractivity contribution in [3.05, 3.63) is 29.3 Å². The standard InChI is InChI=1S/C14H9ClF9NO4/c1-29-10(27)11(28,14(22,23)24)8(15)9(26)25-7-3-5(12(16,17)18)2-6(4-7)13(19,20)21/h2-4,8,28H,1H3,(H,25,26)/t8-,11+/m1/s1. The molecular formula is C14H9ClF9NO4. The van der Waals surface area contributed by atoms with E-state index in [1.54, 1.807) is 0 Å². The minimum Gasteiger partial charge on any atom is -0.467 e. The van der Waals surface area contributed by atoms with Crippen LogP contribution in [-0.4, -0.2) is 41.2 Å². The summed E-state index contributed by atoms with van der Waals surface area (Å²) in [6.07, 6.45) is -16.5. The van der Waals surface area contributed by atoms with Crippen molar-refractivity contribution in [3.63, 3.8) is 0 Å². The normalized spacial score (nSPS) is 16.0. The van der Waals surface area contributed by atoms with Crippen LogP contribution in [0.2, 0.25) is 0 Å². The Morgan fingerprint density at radius 1 is 0.966 bits per heavy atom. The number of carbonyl (C=O) groups is 2. The molecule has 0 saturated heterocycles. The van der Waals surface area contributed by atoms with Crippen LogP contribution >= 0.6 is 11.6 Å². The number of carbonyl (C=O) groups excluding carboxylic acids is 2. The minimum atomic E-state index is -5.88. The Bertz CT molecular complexity index is 759. The predicted molar refractivity (Wildman–Crippen MR) is 77.7 cm³/mol. The van der Waals surface area contributed by atoms with Crippen LogP contribution in [0.3, 0.4) is 0 Å². The van der Waals surface area contributed by atoms with E-state index in [1.165, 1.54) is 5.32 Å². The highest BCUT2D eigenvalue weighted by Gasteiger charge is 2.67. The first-order chi connectivity index (χ1) is 12.9. The summed E-state index contributed by atoms with van der Waals surface area (Å²) >= 11 is 5.18. The Kier molecular flexibility index (Phi) is 6.76. The van der Waals surface area contributed by atoms with Crippen molar-refractivity contribution in [2.75, 3.05) is 12.4 Å². The largest absolute Gasteiger partial charge is 0.467 e. The van der Waals surface area contributed by atoms with Crippen molar-refractivity contribution in [2.24, 2.45) is 0 Å². The van der Waals surface area contributed by atoms with Gasteiger partial charge in [-0.2, -0.15) is 39.5 Å². The third kappa shape index (κ3) is 5.23. The molecule has 0 aromatic heterocycles. The van der Waals surface area contributed by atoms with E-state index in [9.17, 15) is 54.2 Å². The van der Waals surface area contributed by atoms with E-state index in [2.05, 4.69) is 4.74 Å². The molecule has 0 aliphatic rings. The van der Waals surface area contributed by atoms with Crippen molar-refractivity contribution in [1.82, 2.24) is 0 Å². The van der Waals surface area contributed by atoms with Crippen LogP contribution in [-0.2, 0) is 26.7 Å². The molecule has 0 aliphatic carbocycles. The molecule has 1 aromatic rings. The number of hydrogen-bond acceptors (Lipinski definition) is 4. The zero-order valence-electron chi connectivity index (χ0n) is 13.8. The van der Waals surface area contributed by atoms with Crippen LogP contribution in [0.1, 0.15) is 11.1 Å². The number of esters is 1. The molecule has 0 bridgehead atoms. The second-order valence-corrected chi connectivity index (χ2v) is 5.84. The number of methoxy groups -OCH3 is 1. The van der Waals surface area contributed by atoms with E-state index in [0.717, 1.165) is 0 Å². The first-order valence-electron chi connectivity index (χ1n) is 6.97. The van der Waals surface area contributed by atoms with E-state index in [0.29, 0.717) is 7.11 Å². The van der Waals surface area contributed by atoms with E-state index in [-0.39, 0.29) is 18.2 Å². The highest BCUT2D eigenvalue weighted by Crippen LogP contribution is 2.39. The number of halogens is 10. The first-order valence-corrected chi connectivity index (χ1v) is 7.41. The minimum absolute atomic E-state index is 0.0124. The highest BCUT2D eigenvalue weighted by molar-refractivity contribution is 6.35. The molecule has 1 rings (SSSR count). The van der Waals surface area contributed by atoms with Crippen LogP contribution in [0, 0.1) is 0 Å². The summed E-state index contributed by atoms with van der Waals surface area (Å²) in [6.45, 7) is 0. The second-order valence-electron chi connectivity index (χ2n) is 5.40. The molecule has 0 heterocycles. The van der Waals surface area contributed by atoms with Crippen molar-refractivity contribution in [3.8, 4) is 0 Å². The van der Waals surface area contributed by atoms with Gasteiger partial charge in [0.1, 0.15) is 0 Å². The zero-order chi connectivity index (χ0) is 23.0. The Morgan fingerprint density at radius 3 is 1.69 bits per heavy atom. The molecular weight excluding hydrogens is 453 g/mol. The predicted octanol–water partition coefficient (Wildman–Crippen LogP) is 3.74. The number of amides is 1. The van der Waals surface area contributed by atoms with Crippen molar-refractivity contribution >= 4 is 29.2 Å². The summed E-state index contributed by atoms with van der Waals surface area (Å²) in [5, 5.41) is 7.61. The number of rotatable bonds is 4. The topological polar surface area (TPSA) is 75.6 Å². The van der Waals surface area contributed by atoms with Gasteiger partial charge in [0.15, 0.2) is 5.38 Å². The molecule has 2 N–H and O–H groups in total. The lowest BCUT2D eigenvalue weighted by Gasteiger charge is -2.30. The lowest BCUT2D eigenvalue weighted by atomic mass is 9.97. The molecule has 1 aromatic carbocycles. The fourth-order valence-corrected chi connectivity index (χ4v) is 2.21. The fourth-order valence-electron chi connectivity index (χ4n) is 1.94. The first kappa shape index (κ1) is 24.8. The van der Waals surface area contributed by atoms with Gasteiger partial charge in [-0.1, -0.05) is 0 Å². The summed E-state index contributed by atoms with van der Waals surface area (Å²) in [4.78, 5) is 23.2. The van der Waals surface area contributed by atoms with Gasteiger partial charge in [0.2, 0.25) is 5.91 Å². The maximum atomic E-state index is 13.0. The van der Waals surface area contributed by atoms with Crippen LogP contribution in [0.5, 0.6) is 0 Å². The molecule has 1 amide bonds. The molecule has 0 spiro atoms. The quantitative estimate of drug-likeness (QED) is 0.407. The molecule has 0 aliphatic heterocycles. The van der Waals surface area contributed by atoms with Crippen LogP contribution in [0.25, 0.3) is 0 Å². The van der Waals surface area contributed by atoms with Gasteiger partial charge in [-0.15, -0.1) is 11.6 Å². The number of hydrogen-bond donors (Lipinski definition) is 2. The molecule has 164 valence electrons. The summed E-state index contributed by atoms with van der Waals surface area (Å²) in [6, 6.07) is -0.322. The van der Waals surface area contributed by atoms with Gasteiger partial charge in [0.25, 0.3) is 5.60 Å². The Hall–Kier alpha value is -2.22. The lowest BCUT2D eigenvalue weighted by molar-refractivity contribution is -0.260. The second kappa shape index (κ2) is 7.89. The summed E-state index contributed by atoms with van der Waals surface area (Å²) in [7, 11) is 0.406. The number of alkyl halides is 10. The zero-order valence-corrected chi connectivity index (χ0v) is 14.5. The van der Waals surface area contributed by atoms with Crippen molar-refractivity contribution in [1.29, 1.82) is 0 Å². The van der Waals surface area contributed by atoms with Crippen molar-refractivity contribution in [2.45, 2.75) is 29.5 Å². The summed E-state index contributed by atoms with van der Waals surface area (Å²) < 4.78 is 119. The average Bonchev–Trinajstić information content (AvgIpc) is 2.56. The van der Waals surface area contributed by atoms with Gasteiger partial charge in [-0.05, 0) is 18.2 Å². The molecule has 0 radical (unpaired) electrons. The fraction of sp³-hybridized carbons (Fsp3) is 0.429. The molecule has 29 heavy (non-hydrogen) atoms. The van der Waals surface area contributed by atoms with E-state index in [4.69, 9.17) is 11.6 Å². The Labute approximate surface area is 160 Å². The summed E-state index contributed by atoms with van der Waals surface area (Å²) in [5.41, 5.74) is -9.64.